The Morgan fingerprint density at radius 1 is 1.35 bits per heavy atom. The highest BCUT2D eigenvalue weighted by molar-refractivity contribution is 7.80. The zero-order valence-corrected chi connectivity index (χ0v) is 11.5. The maximum atomic E-state index is 12.3. The van der Waals surface area contributed by atoms with Gasteiger partial charge in [-0.15, -0.1) is 13.2 Å². The van der Waals surface area contributed by atoms with Crippen LogP contribution in [0.4, 0.5) is 13.2 Å². The number of ether oxygens (including phenoxy) is 1. The van der Waals surface area contributed by atoms with E-state index in [0.717, 1.165) is 0 Å². The van der Waals surface area contributed by atoms with Crippen LogP contribution in [-0.4, -0.2) is 29.5 Å². The van der Waals surface area contributed by atoms with Crippen molar-refractivity contribution in [3.63, 3.8) is 0 Å². The second-order valence-electron chi connectivity index (χ2n) is 4.68. The number of rotatable bonds is 4. The maximum absolute atomic E-state index is 12.3. The zero-order valence-electron chi connectivity index (χ0n) is 10.6. The Kier molecular flexibility index (Phi) is 4.47. The lowest BCUT2D eigenvalue weighted by molar-refractivity contribution is -0.275. The van der Waals surface area contributed by atoms with Crippen LogP contribution in [0.3, 0.4) is 0 Å². The lowest BCUT2D eigenvalue weighted by atomic mass is 10.1. The number of likely N-dealkylation sites (tertiary alicyclic amines) is 1. The molecule has 0 bridgehead atoms. The van der Waals surface area contributed by atoms with Gasteiger partial charge in [-0.1, -0.05) is 18.2 Å². The number of nitrogens with zero attached hydrogens (tertiary/aromatic N) is 1. The third-order valence-electron chi connectivity index (χ3n) is 3.11. The summed E-state index contributed by atoms with van der Waals surface area (Å²) in [6, 6.07) is 5.87. The third kappa shape index (κ3) is 3.82. The first-order chi connectivity index (χ1) is 9.39. The van der Waals surface area contributed by atoms with Crippen molar-refractivity contribution in [1.29, 1.82) is 0 Å². The smallest absolute Gasteiger partial charge is 0.405 e. The fourth-order valence-electron chi connectivity index (χ4n) is 2.19. The fraction of sp³-hybridized carbons (Fsp3) is 0.462. The van der Waals surface area contributed by atoms with Crippen molar-refractivity contribution in [1.82, 2.24) is 4.90 Å². The molecule has 1 aliphatic rings. The number of para-hydroxylation sites is 1. The third-order valence-corrected chi connectivity index (χ3v) is 3.63. The molecule has 7 heteroatoms. The molecule has 1 saturated heterocycles. The topological polar surface area (TPSA) is 29.5 Å². The number of hydrogen-bond donors (Lipinski definition) is 1. The van der Waals surface area contributed by atoms with E-state index in [1.807, 2.05) is 0 Å². The first-order valence-corrected chi connectivity index (χ1v) is 6.74. The first kappa shape index (κ1) is 15.0. The van der Waals surface area contributed by atoms with Gasteiger partial charge in [-0.05, 0) is 17.7 Å². The van der Waals surface area contributed by atoms with E-state index in [1.54, 1.807) is 11.0 Å². The number of hydrogen-bond acceptors (Lipinski definition) is 3. The summed E-state index contributed by atoms with van der Waals surface area (Å²) >= 11 is 4.15. The minimum absolute atomic E-state index is 0.0640. The quantitative estimate of drug-likeness (QED) is 0.867. The molecule has 0 spiro atoms. The van der Waals surface area contributed by atoms with E-state index in [2.05, 4.69) is 17.4 Å². The molecule has 0 N–H and O–H groups in total. The number of alkyl halides is 3. The van der Waals surface area contributed by atoms with Gasteiger partial charge in [0.05, 0.1) is 0 Å². The summed E-state index contributed by atoms with van der Waals surface area (Å²) in [6.07, 6.45) is -4.34. The van der Waals surface area contributed by atoms with Gasteiger partial charge in [0, 0.05) is 25.1 Å². The Balaban J connectivity index is 2.12. The van der Waals surface area contributed by atoms with Gasteiger partial charge in [-0.3, -0.25) is 4.79 Å². The van der Waals surface area contributed by atoms with Crippen LogP contribution in [0.15, 0.2) is 24.3 Å². The lowest BCUT2D eigenvalue weighted by Gasteiger charge is -2.19. The minimum Gasteiger partial charge on any atom is -0.405 e. The highest BCUT2D eigenvalue weighted by Gasteiger charge is 2.33. The molecule has 0 aliphatic carbocycles. The molecule has 0 aromatic heterocycles. The molecule has 1 amide bonds. The number of carbonyl (C=O) groups is 1. The van der Waals surface area contributed by atoms with E-state index in [0.29, 0.717) is 24.3 Å². The van der Waals surface area contributed by atoms with Gasteiger partial charge in [-0.2, -0.15) is 12.6 Å². The van der Waals surface area contributed by atoms with E-state index in [9.17, 15) is 18.0 Å². The van der Waals surface area contributed by atoms with E-state index in [4.69, 9.17) is 0 Å². The second-order valence-corrected chi connectivity index (χ2v) is 5.05. The molecule has 1 aromatic rings. The lowest BCUT2D eigenvalue weighted by Crippen LogP contribution is -2.26. The molecule has 0 saturated carbocycles. The average Bonchev–Trinajstić information content (AvgIpc) is 2.71. The molecule has 1 aliphatic heterocycles. The summed E-state index contributed by atoms with van der Waals surface area (Å²) < 4.78 is 40.9. The van der Waals surface area contributed by atoms with Gasteiger partial charge in [-0.25, -0.2) is 0 Å². The van der Waals surface area contributed by atoms with Crippen molar-refractivity contribution >= 4 is 18.5 Å². The first-order valence-electron chi connectivity index (χ1n) is 6.11. The standard InChI is InChI=1S/C13H14F3NO2S/c14-13(15,16)19-11-4-2-1-3-10(11)7-17-6-9(8-20)5-12(17)18/h1-4,9,20H,5-8H2. The van der Waals surface area contributed by atoms with E-state index < -0.39 is 6.36 Å². The monoisotopic (exact) mass is 305 g/mol. The maximum Gasteiger partial charge on any atom is 0.573 e. The Labute approximate surface area is 120 Å². The van der Waals surface area contributed by atoms with Crippen LogP contribution in [-0.2, 0) is 11.3 Å². The number of halogens is 3. The molecule has 1 aromatic carbocycles. The molecule has 1 atom stereocenters. The van der Waals surface area contributed by atoms with Crippen LogP contribution < -0.4 is 4.74 Å². The predicted molar refractivity (Wildman–Crippen MR) is 70.5 cm³/mol. The summed E-state index contributed by atoms with van der Waals surface area (Å²) in [5.74, 6) is 0.415. The summed E-state index contributed by atoms with van der Waals surface area (Å²) in [6.45, 7) is 0.637. The summed E-state index contributed by atoms with van der Waals surface area (Å²) in [7, 11) is 0. The number of thiol groups is 1. The van der Waals surface area contributed by atoms with Crippen molar-refractivity contribution in [2.24, 2.45) is 5.92 Å². The Hall–Kier alpha value is -1.37. The predicted octanol–water partition coefficient (Wildman–Crippen LogP) is 2.86. The van der Waals surface area contributed by atoms with Crippen LogP contribution in [0.1, 0.15) is 12.0 Å². The van der Waals surface area contributed by atoms with Gasteiger partial charge in [0.25, 0.3) is 0 Å². The minimum atomic E-state index is -4.74. The highest BCUT2D eigenvalue weighted by atomic mass is 32.1. The zero-order chi connectivity index (χ0) is 14.8. The average molecular weight is 305 g/mol. The summed E-state index contributed by atoms with van der Waals surface area (Å²) in [5, 5.41) is 0. The van der Waals surface area contributed by atoms with Crippen molar-refractivity contribution in [3.05, 3.63) is 29.8 Å². The van der Waals surface area contributed by atoms with Crippen LogP contribution >= 0.6 is 12.6 Å². The van der Waals surface area contributed by atoms with E-state index >= 15 is 0 Å². The molecular weight excluding hydrogens is 291 g/mol. The Morgan fingerprint density at radius 2 is 2.05 bits per heavy atom. The van der Waals surface area contributed by atoms with Crippen molar-refractivity contribution in [3.8, 4) is 5.75 Å². The second kappa shape index (κ2) is 5.95. The normalized spacial score (nSPS) is 19.5. The SMILES string of the molecule is O=C1CC(CS)CN1Cc1ccccc1OC(F)(F)F. The van der Waals surface area contributed by atoms with Crippen molar-refractivity contribution in [2.75, 3.05) is 12.3 Å². The fourth-order valence-corrected chi connectivity index (χ4v) is 2.44. The van der Waals surface area contributed by atoms with Crippen LogP contribution in [0.25, 0.3) is 0 Å². The number of amides is 1. The Morgan fingerprint density at radius 3 is 2.65 bits per heavy atom. The van der Waals surface area contributed by atoms with Crippen molar-refractivity contribution in [2.45, 2.75) is 19.3 Å². The molecule has 1 unspecified atom stereocenters. The summed E-state index contributed by atoms with van der Waals surface area (Å²) in [4.78, 5) is 13.3. The van der Waals surface area contributed by atoms with Crippen LogP contribution in [0, 0.1) is 5.92 Å². The molecular formula is C13H14F3NO2S. The van der Waals surface area contributed by atoms with E-state index in [-0.39, 0.29) is 24.1 Å². The van der Waals surface area contributed by atoms with Crippen LogP contribution in [0.5, 0.6) is 5.75 Å². The molecule has 1 heterocycles. The van der Waals surface area contributed by atoms with Gasteiger partial charge in [0.2, 0.25) is 5.91 Å². The van der Waals surface area contributed by atoms with Gasteiger partial charge >= 0.3 is 6.36 Å². The van der Waals surface area contributed by atoms with E-state index in [1.165, 1.54) is 18.2 Å². The molecule has 110 valence electrons. The largest absolute Gasteiger partial charge is 0.573 e. The summed E-state index contributed by atoms with van der Waals surface area (Å²) in [5.41, 5.74) is 0.345. The van der Waals surface area contributed by atoms with Gasteiger partial charge in [0.15, 0.2) is 0 Å². The molecule has 2 rings (SSSR count). The van der Waals surface area contributed by atoms with Crippen molar-refractivity contribution < 1.29 is 22.7 Å². The molecule has 0 radical (unpaired) electrons. The molecule has 1 fully saturated rings. The molecule has 3 nitrogen and oxygen atoms in total. The number of benzene rings is 1. The number of carbonyl (C=O) groups excluding carboxylic acids is 1. The molecule has 20 heavy (non-hydrogen) atoms. The van der Waals surface area contributed by atoms with Gasteiger partial charge in [0.1, 0.15) is 5.75 Å². The highest BCUT2D eigenvalue weighted by Crippen LogP contribution is 2.29. The Bertz CT molecular complexity index is 493. The van der Waals surface area contributed by atoms with Crippen LogP contribution in [0.2, 0.25) is 0 Å². The van der Waals surface area contributed by atoms with Gasteiger partial charge < -0.3 is 9.64 Å².